The molecule has 1 rings (SSSR count). The molecule has 1 aromatic carbocycles. The van der Waals surface area contributed by atoms with Gasteiger partial charge in [-0.05, 0) is 86.0 Å². The molecule has 0 aliphatic rings. The van der Waals surface area contributed by atoms with Crippen LogP contribution in [0.5, 0.6) is 5.75 Å². The number of nitrogens with two attached hydrogens (primary N) is 3. The van der Waals surface area contributed by atoms with Crippen LogP contribution in [0.3, 0.4) is 0 Å². The van der Waals surface area contributed by atoms with Crippen molar-refractivity contribution in [2.75, 3.05) is 44.7 Å². The standard InChI is InChI=1S/C64H102N18O23S/c1-11-32(8)52(62(103)73-33(9)63(104)105)82-61(102)51(31(6)7)81-60(101)50(30(4)5)79-45(87)26-69-42(84)25-72-59(100)49(29(2)3)80-57(98)38(18-20-106-10)77-58(99)41(24-48(92)93)75-44(86)28-70-54(95)39(22-46(88)89)74-43(85)27-71-55(96)40(23-47(90)91)78-56(97)37(13-12-19-68-64(66)67)76-53(94)36(65)21-34-14-16-35(83)17-15-34/h14-17,29-33,36-41,49-52,83H,11-13,18-28,65H2,1-10H3,(H,69,84)(H,70,95)(H,71,96)(H,72,100)(H,73,103)(H,74,85)(H,75,86)(H,76,94)(H,77,99)(H,78,97)(H,79,87)(H,80,98)(H,81,101)(H,82,102)(H,88,89)(H,90,91)(H,92,93)(H,104,105)(H4,66,67,68)/t32-,33-,36-,37-,38-,39-,40-,41-,49-,50-,51-,52-/m0/s1. The van der Waals surface area contributed by atoms with E-state index in [4.69, 9.17) is 17.2 Å². The molecule has 106 heavy (non-hydrogen) atoms. The second-order valence-corrected chi connectivity index (χ2v) is 26.5. The number of guanidine groups is 1. The van der Waals surface area contributed by atoms with Gasteiger partial charge in [-0.3, -0.25) is 91.3 Å². The van der Waals surface area contributed by atoms with E-state index in [0.29, 0.717) is 12.0 Å². The molecule has 0 saturated carbocycles. The van der Waals surface area contributed by atoms with Crippen molar-refractivity contribution in [2.24, 2.45) is 45.9 Å². The molecule has 0 aliphatic heterocycles. The lowest BCUT2D eigenvalue weighted by atomic mass is 9.95. The third-order valence-corrected chi connectivity index (χ3v) is 16.3. The molecule has 25 N–H and O–H groups in total. The van der Waals surface area contributed by atoms with Crippen molar-refractivity contribution >= 4 is 124 Å². The van der Waals surface area contributed by atoms with Gasteiger partial charge in [0.25, 0.3) is 0 Å². The Morgan fingerprint density at radius 1 is 0.434 bits per heavy atom. The number of carbonyl (C=O) groups is 18. The number of carboxylic acid groups (broad SMARTS) is 4. The first kappa shape index (κ1) is 93.1. The number of nitrogens with one attached hydrogen (secondary N) is 14. The van der Waals surface area contributed by atoms with E-state index in [2.05, 4.69) is 63.5 Å². The van der Waals surface area contributed by atoms with E-state index in [0.717, 1.165) is 0 Å². The Labute approximate surface area is 614 Å². The Bertz CT molecular complexity index is 3300. The molecule has 0 spiro atoms. The minimum atomic E-state index is -2.00. The quantitative estimate of drug-likeness (QED) is 0.0164. The average molecular weight is 1520 g/mol. The van der Waals surface area contributed by atoms with Crippen molar-refractivity contribution in [3.63, 3.8) is 0 Å². The number of hydrogen-bond acceptors (Lipinski definition) is 22. The zero-order valence-corrected chi connectivity index (χ0v) is 61.4. The van der Waals surface area contributed by atoms with Crippen LogP contribution in [0, 0.1) is 23.7 Å². The minimum absolute atomic E-state index is 0.0323. The predicted molar refractivity (Wildman–Crippen MR) is 378 cm³/mol. The lowest BCUT2D eigenvalue weighted by Gasteiger charge is -2.30. The average Bonchev–Trinajstić information content (AvgIpc) is 0.861. The predicted octanol–water partition coefficient (Wildman–Crippen LogP) is -7.08. The third-order valence-electron chi connectivity index (χ3n) is 15.6. The Balaban J connectivity index is 3.09. The Morgan fingerprint density at radius 3 is 1.28 bits per heavy atom. The number of nitrogens with zero attached hydrogens (tertiary/aromatic N) is 1. The van der Waals surface area contributed by atoms with Crippen LogP contribution in [0.1, 0.15) is 113 Å². The minimum Gasteiger partial charge on any atom is -0.508 e. The van der Waals surface area contributed by atoms with Gasteiger partial charge in [0, 0.05) is 6.54 Å². The summed E-state index contributed by atoms with van der Waals surface area (Å²) < 4.78 is 0. The molecule has 14 amide bonds. The van der Waals surface area contributed by atoms with E-state index in [9.17, 15) is 112 Å². The molecule has 592 valence electrons. The molecular weight excluding hydrogens is 1420 g/mol. The van der Waals surface area contributed by atoms with E-state index in [1.54, 1.807) is 47.8 Å². The number of aromatic hydroxyl groups is 1. The number of carbonyl (C=O) groups excluding carboxylic acids is 14. The molecule has 0 bridgehead atoms. The molecule has 0 saturated heterocycles. The van der Waals surface area contributed by atoms with Gasteiger partial charge in [0.1, 0.15) is 66.2 Å². The monoisotopic (exact) mass is 1520 g/mol. The van der Waals surface area contributed by atoms with Crippen molar-refractivity contribution in [3.8, 4) is 5.75 Å². The molecular formula is C64H102N18O23S. The van der Waals surface area contributed by atoms with E-state index in [-0.39, 0.29) is 49.7 Å². The second kappa shape index (κ2) is 47.4. The van der Waals surface area contributed by atoms with Gasteiger partial charge >= 0.3 is 23.9 Å². The Hall–Kier alpha value is -10.9. The van der Waals surface area contributed by atoms with E-state index >= 15 is 0 Å². The molecule has 1 aromatic rings. The van der Waals surface area contributed by atoms with Crippen molar-refractivity contribution < 1.29 is 112 Å². The van der Waals surface area contributed by atoms with E-state index in [1.165, 1.54) is 56.8 Å². The summed E-state index contributed by atoms with van der Waals surface area (Å²) in [4.78, 5) is 238. The molecule has 0 aliphatic carbocycles. The van der Waals surface area contributed by atoms with Crippen molar-refractivity contribution in [3.05, 3.63) is 29.8 Å². The molecule has 41 nitrogen and oxygen atoms in total. The van der Waals surface area contributed by atoms with Crippen LogP contribution in [-0.2, 0) is 92.7 Å². The summed E-state index contributed by atoms with van der Waals surface area (Å²) in [6, 6.07) is -10.8. The number of phenols is 1. The number of rotatable bonds is 49. The fourth-order valence-electron chi connectivity index (χ4n) is 9.46. The van der Waals surface area contributed by atoms with E-state index < -0.39 is 242 Å². The van der Waals surface area contributed by atoms with Gasteiger partial charge < -0.3 is 117 Å². The van der Waals surface area contributed by atoms with Gasteiger partial charge in [0.15, 0.2) is 5.96 Å². The fraction of sp³-hybridized carbons (Fsp3) is 0.609. The summed E-state index contributed by atoms with van der Waals surface area (Å²) in [5.41, 5.74) is 17.4. The number of amides is 14. The molecule has 0 unspecified atom stereocenters. The maximum atomic E-state index is 13.9. The molecule has 0 aromatic heterocycles. The van der Waals surface area contributed by atoms with Crippen LogP contribution in [0.15, 0.2) is 29.3 Å². The highest BCUT2D eigenvalue weighted by Crippen LogP contribution is 2.15. The van der Waals surface area contributed by atoms with Crippen LogP contribution >= 0.6 is 11.8 Å². The SMILES string of the molecule is CC[C@H](C)[C@H](NC(=O)[C@@H](NC(=O)[C@@H](NC(=O)CNC(=O)CNC(=O)[C@@H](NC(=O)[C@H](CCSC)NC(=O)[C@H](CC(=O)O)NC(=O)CNC(=O)[C@H](CC(=O)O)NC(=O)CNC(=O)[C@H](CC(=O)O)NC(=O)[C@H](CCCN=C(N)N)NC(=O)[C@@H](N)Cc1ccc(O)cc1)C(C)C)C(C)C)C(C)C)C(=O)N[C@@H](C)C(=O)O. The number of thioether (sulfide) groups is 1. The fourth-order valence-corrected chi connectivity index (χ4v) is 9.93. The van der Waals surface area contributed by atoms with Crippen LogP contribution < -0.4 is 91.6 Å². The largest absolute Gasteiger partial charge is 0.508 e. The molecule has 0 heterocycles. The first-order valence-electron chi connectivity index (χ1n) is 33.6. The van der Waals surface area contributed by atoms with Gasteiger partial charge in [-0.1, -0.05) is 73.9 Å². The summed E-state index contributed by atoms with van der Waals surface area (Å²) in [6.45, 7) is 10.4. The smallest absolute Gasteiger partial charge is 0.325 e. The molecule has 42 heteroatoms. The highest BCUT2D eigenvalue weighted by molar-refractivity contribution is 7.98. The van der Waals surface area contributed by atoms with Crippen molar-refractivity contribution in [2.45, 2.75) is 180 Å². The molecule has 12 atom stereocenters. The van der Waals surface area contributed by atoms with Crippen LogP contribution in [0.4, 0.5) is 0 Å². The number of aliphatic carboxylic acids is 4. The van der Waals surface area contributed by atoms with Gasteiger partial charge in [-0.25, -0.2) is 0 Å². The maximum Gasteiger partial charge on any atom is 0.325 e. The van der Waals surface area contributed by atoms with Crippen LogP contribution in [0.2, 0.25) is 0 Å². The van der Waals surface area contributed by atoms with Gasteiger partial charge in [-0.15, -0.1) is 0 Å². The molecule has 0 fully saturated rings. The summed E-state index contributed by atoms with van der Waals surface area (Å²) in [5, 5.41) is 80.0. The van der Waals surface area contributed by atoms with Gasteiger partial charge in [0.05, 0.1) is 51.5 Å². The summed E-state index contributed by atoms with van der Waals surface area (Å²) in [6.07, 6.45) is -1.61. The normalized spacial score (nSPS) is 14.4. The lowest BCUT2D eigenvalue weighted by Crippen LogP contribution is -2.61. The maximum absolute atomic E-state index is 13.9. The number of phenolic OH excluding ortho intramolecular Hbond substituents is 1. The number of hydrogen-bond donors (Lipinski definition) is 22. The Kier molecular flexibility index (Phi) is 41.6. The van der Waals surface area contributed by atoms with Crippen molar-refractivity contribution in [1.82, 2.24) is 74.4 Å². The highest BCUT2D eigenvalue weighted by Gasteiger charge is 2.37. The first-order chi connectivity index (χ1) is 49.5. The van der Waals surface area contributed by atoms with E-state index in [1.807, 2.05) is 16.0 Å². The van der Waals surface area contributed by atoms with Crippen LogP contribution in [-0.4, -0.2) is 249 Å². The molecule has 0 radical (unpaired) electrons. The summed E-state index contributed by atoms with van der Waals surface area (Å²) in [5.74, 6) is -23.0. The first-order valence-corrected chi connectivity index (χ1v) is 35.0. The second-order valence-electron chi connectivity index (χ2n) is 25.5. The Morgan fingerprint density at radius 2 is 0.811 bits per heavy atom. The van der Waals surface area contributed by atoms with Crippen LogP contribution in [0.25, 0.3) is 0 Å². The highest BCUT2D eigenvalue weighted by atomic mass is 32.2. The zero-order valence-electron chi connectivity index (χ0n) is 60.5. The number of benzene rings is 1. The van der Waals surface area contributed by atoms with Crippen molar-refractivity contribution in [1.29, 1.82) is 0 Å². The van der Waals surface area contributed by atoms with Gasteiger partial charge in [0.2, 0.25) is 82.7 Å². The summed E-state index contributed by atoms with van der Waals surface area (Å²) >= 11 is 1.22. The number of carboxylic acids is 4. The zero-order chi connectivity index (χ0) is 80.8. The summed E-state index contributed by atoms with van der Waals surface area (Å²) in [7, 11) is 0. The topological polar surface area (TPSA) is 667 Å². The lowest BCUT2D eigenvalue weighted by molar-refractivity contribution is -0.142. The van der Waals surface area contributed by atoms with Gasteiger partial charge in [-0.2, -0.15) is 11.8 Å². The number of aliphatic imine (C=N–C) groups is 1. The third kappa shape index (κ3) is 36.0.